The number of aromatic nitrogens is 2. The molecular weight excluding hydrogens is 230 g/mol. The van der Waals surface area contributed by atoms with E-state index in [0.717, 1.165) is 18.9 Å². The number of carboxylic acid groups (broad SMARTS) is 1. The van der Waals surface area contributed by atoms with Crippen LogP contribution in [-0.4, -0.2) is 27.6 Å². The predicted molar refractivity (Wildman–Crippen MR) is 68.7 cm³/mol. The van der Waals surface area contributed by atoms with Gasteiger partial charge in [-0.15, -0.1) is 0 Å². The van der Waals surface area contributed by atoms with Crippen LogP contribution in [0.2, 0.25) is 0 Å². The Kier molecular flexibility index (Phi) is 4.50. The molecule has 0 aliphatic heterocycles. The number of hydrogen-bond acceptors (Lipinski definition) is 4. The molecule has 0 saturated heterocycles. The largest absolute Gasteiger partial charge is 0.476 e. The number of carbonyl (C=O) groups is 1. The lowest BCUT2D eigenvalue weighted by Crippen LogP contribution is -2.07. The Morgan fingerprint density at radius 1 is 1.33 bits per heavy atom. The van der Waals surface area contributed by atoms with E-state index in [9.17, 15) is 4.79 Å². The summed E-state index contributed by atoms with van der Waals surface area (Å²) in [6, 6.07) is 0. The molecule has 0 unspecified atom stereocenters. The average molecular weight is 249 g/mol. The van der Waals surface area contributed by atoms with Crippen molar-refractivity contribution in [2.24, 2.45) is 5.92 Å². The molecule has 1 aliphatic rings. The molecule has 5 heteroatoms. The van der Waals surface area contributed by atoms with E-state index in [1.54, 1.807) is 0 Å². The Balaban J connectivity index is 1.68. The normalized spacial score (nSPS) is 15.8. The molecule has 1 aromatic rings. The van der Waals surface area contributed by atoms with Crippen LogP contribution in [-0.2, 0) is 0 Å². The topological polar surface area (TPSA) is 75.1 Å². The molecule has 0 radical (unpaired) electrons. The first-order valence-electron chi connectivity index (χ1n) is 6.55. The van der Waals surface area contributed by atoms with Gasteiger partial charge in [-0.2, -0.15) is 0 Å². The quantitative estimate of drug-likeness (QED) is 0.758. The molecule has 2 N–H and O–H groups in total. The number of nitrogens with zero attached hydrogens (tertiary/aromatic N) is 2. The fourth-order valence-electron chi connectivity index (χ4n) is 2.44. The van der Waals surface area contributed by atoms with Gasteiger partial charge in [-0.25, -0.2) is 14.8 Å². The van der Waals surface area contributed by atoms with E-state index in [1.807, 2.05) is 0 Å². The van der Waals surface area contributed by atoms with Gasteiger partial charge < -0.3 is 10.4 Å². The van der Waals surface area contributed by atoms with Crippen LogP contribution in [0.3, 0.4) is 0 Å². The molecule has 0 atom stereocenters. The minimum atomic E-state index is -1.05. The molecule has 98 valence electrons. The summed E-state index contributed by atoms with van der Waals surface area (Å²) in [6.45, 7) is 0.873. The van der Waals surface area contributed by atoms with Gasteiger partial charge in [0.1, 0.15) is 5.82 Å². The van der Waals surface area contributed by atoms with E-state index in [2.05, 4.69) is 15.3 Å². The monoisotopic (exact) mass is 249 g/mol. The lowest BCUT2D eigenvalue weighted by atomic mass is 10.0. The maximum atomic E-state index is 10.6. The number of hydrogen-bond donors (Lipinski definition) is 2. The summed E-state index contributed by atoms with van der Waals surface area (Å²) in [6.07, 6.45) is 10.7. The number of rotatable bonds is 6. The van der Waals surface area contributed by atoms with E-state index in [0.29, 0.717) is 5.82 Å². The van der Waals surface area contributed by atoms with Crippen molar-refractivity contribution in [3.8, 4) is 0 Å². The smallest absolute Gasteiger partial charge is 0.356 e. The molecule has 1 fully saturated rings. The number of nitrogens with one attached hydrogen (secondary N) is 1. The molecule has 1 aromatic heterocycles. The van der Waals surface area contributed by atoms with Gasteiger partial charge in [-0.3, -0.25) is 0 Å². The summed E-state index contributed by atoms with van der Waals surface area (Å²) in [4.78, 5) is 18.4. The molecule has 0 amide bonds. The first kappa shape index (κ1) is 12.8. The van der Waals surface area contributed by atoms with Gasteiger partial charge in [0.05, 0.1) is 12.4 Å². The third kappa shape index (κ3) is 3.68. The van der Waals surface area contributed by atoms with Crippen LogP contribution in [0.15, 0.2) is 12.4 Å². The van der Waals surface area contributed by atoms with Crippen molar-refractivity contribution in [3.63, 3.8) is 0 Å². The minimum absolute atomic E-state index is 0.0218. The van der Waals surface area contributed by atoms with Crippen LogP contribution in [0, 0.1) is 5.92 Å². The van der Waals surface area contributed by atoms with Gasteiger partial charge in [0.15, 0.2) is 5.69 Å². The van der Waals surface area contributed by atoms with E-state index in [1.165, 1.54) is 44.5 Å². The highest BCUT2D eigenvalue weighted by Gasteiger charge is 2.13. The van der Waals surface area contributed by atoms with Gasteiger partial charge in [-0.1, -0.05) is 25.7 Å². The standard InChI is InChI=1S/C13H19N3O2/c17-13(18)11-8-16-12(9-15-11)14-7-3-6-10-4-1-2-5-10/h8-10H,1-7H2,(H,14,16)(H,17,18). The second-order valence-electron chi connectivity index (χ2n) is 4.81. The van der Waals surface area contributed by atoms with Crippen molar-refractivity contribution in [1.29, 1.82) is 0 Å². The van der Waals surface area contributed by atoms with E-state index < -0.39 is 5.97 Å². The zero-order valence-electron chi connectivity index (χ0n) is 10.4. The van der Waals surface area contributed by atoms with Crippen molar-refractivity contribution >= 4 is 11.8 Å². The molecule has 5 nitrogen and oxygen atoms in total. The van der Waals surface area contributed by atoms with Gasteiger partial charge >= 0.3 is 5.97 Å². The second-order valence-corrected chi connectivity index (χ2v) is 4.81. The number of carboxylic acids is 1. The molecule has 0 aromatic carbocycles. The highest BCUT2D eigenvalue weighted by molar-refractivity contribution is 5.84. The van der Waals surface area contributed by atoms with Crippen LogP contribution in [0.25, 0.3) is 0 Å². The summed E-state index contributed by atoms with van der Waals surface area (Å²) in [5, 5.41) is 11.9. The Labute approximate surface area is 107 Å². The van der Waals surface area contributed by atoms with Crippen LogP contribution < -0.4 is 5.32 Å². The molecule has 1 saturated carbocycles. The summed E-state index contributed by atoms with van der Waals surface area (Å²) in [5.41, 5.74) is -0.0218. The van der Waals surface area contributed by atoms with Gasteiger partial charge in [0, 0.05) is 6.54 Å². The fraction of sp³-hybridized carbons (Fsp3) is 0.615. The van der Waals surface area contributed by atoms with Crippen LogP contribution in [0.5, 0.6) is 0 Å². The summed E-state index contributed by atoms with van der Waals surface area (Å²) in [5.74, 6) is 0.508. The van der Waals surface area contributed by atoms with Crippen molar-refractivity contribution in [3.05, 3.63) is 18.1 Å². The molecule has 0 bridgehead atoms. The molecule has 1 aliphatic carbocycles. The zero-order chi connectivity index (χ0) is 12.8. The van der Waals surface area contributed by atoms with Gasteiger partial charge in [-0.05, 0) is 18.8 Å². The van der Waals surface area contributed by atoms with Crippen LogP contribution in [0.1, 0.15) is 49.0 Å². The highest BCUT2D eigenvalue weighted by Crippen LogP contribution is 2.28. The summed E-state index contributed by atoms with van der Waals surface area (Å²) >= 11 is 0. The van der Waals surface area contributed by atoms with Crippen molar-refractivity contribution in [2.75, 3.05) is 11.9 Å². The SMILES string of the molecule is O=C(O)c1cnc(NCCCC2CCCC2)cn1. The van der Waals surface area contributed by atoms with Crippen molar-refractivity contribution in [1.82, 2.24) is 9.97 Å². The number of aromatic carboxylic acids is 1. The van der Waals surface area contributed by atoms with Crippen molar-refractivity contribution in [2.45, 2.75) is 38.5 Å². The van der Waals surface area contributed by atoms with E-state index >= 15 is 0 Å². The first-order valence-corrected chi connectivity index (χ1v) is 6.55. The summed E-state index contributed by atoms with van der Waals surface area (Å²) in [7, 11) is 0. The fourth-order valence-corrected chi connectivity index (χ4v) is 2.44. The third-order valence-corrected chi connectivity index (χ3v) is 3.44. The predicted octanol–water partition coefficient (Wildman–Crippen LogP) is 2.56. The highest BCUT2D eigenvalue weighted by atomic mass is 16.4. The second kappa shape index (κ2) is 6.33. The maximum Gasteiger partial charge on any atom is 0.356 e. The lowest BCUT2D eigenvalue weighted by Gasteiger charge is -2.09. The van der Waals surface area contributed by atoms with E-state index in [4.69, 9.17) is 5.11 Å². The first-order chi connectivity index (χ1) is 8.75. The number of anilines is 1. The Bertz CT molecular complexity index is 386. The van der Waals surface area contributed by atoms with E-state index in [-0.39, 0.29) is 5.69 Å². The lowest BCUT2D eigenvalue weighted by molar-refractivity contribution is 0.0690. The third-order valence-electron chi connectivity index (χ3n) is 3.44. The minimum Gasteiger partial charge on any atom is -0.476 e. The van der Waals surface area contributed by atoms with Crippen LogP contribution >= 0.6 is 0 Å². The Morgan fingerprint density at radius 2 is 2.11 bits per heavy atom. The molecule has 1 heterocycles. The van der Waals surface area contributed by atoms with Crippen molar-refractivity contribution < 1.29 is 9.90 Å². The maximum absolute atomic E-state index is 10.6. The van der Waals surface area contributed by atoms with Gasteiger partial charge in [0.2, 0.25) is 0 Å². The average Bonchev–Trinajstić information content (AvgIpc) is 2.88. The summed E-state index contributed by atoms with van der Waals surface area (Å²) < 4.78 is 0. The molecule has 18 heavy (non-hydrogen) atoms. The zero-order valence-corrected chi connectivity index (χ0v) is 10.4. The van der Waals surface area contributed by atoms with Gasteiger partial charge in [0.25, 0.3) is 0 Å². The Hall–Kier alpha value is -1.65. The molecular formula is C13H19N3O2. The molecule has 0 spiro atoms. The van der Waals surface area contributed by atoms with Crippen LogP contribution in [0.4, 0.5) is 5.82 Å². The molecule has 2 rings (SSSR count). The Morgan fingerprint density at radius 3 is 2.72 bits per heavy atom.